The first kappa shape index (κ1) is 11.1. The maximum atomic E-state index is 9.18. The molecule has 0 heterocycles. The fourth-order valence-corrected chi connectivity index (χ4v) is 0.889. The number of rotatable bonds is 0. The highest BCUT2D eigenvalue weighted by molar-refractivity contribution is 6.34. The van der Waals surface area contributed by atoms with Crippen LogP contribution in [0.5, 0.6) is 5.75 Å². The first-order chi connectivity index (χ1) is 5.63. The molecule has 0 saturated carbocycles. The summed E-state index contributed by atoms with van der Waals surface area (Å²) < 4.78 is 0. The predicted octanol–water partition coefficient (Wildman–Crippen LogP) is 2.96. The second-order valence-electron chi connectivity index (χ2n) is 2.13. The van der Waals surface area contributed by atoms with E-state index >= 15 is 0 Å². The number of nitrogens with two attached hydrogens (primary N) is 1. The third-order valence-corrected chi connectivity index (χ3v) is 1.74. The molecule has 0 unspecified atom stereocenters. The normalized spacial score (nSPS) is 8.67. The van der Waals surface area contributed by atoms with Gasteiger partial charge in [0.15, 0.2) is 0 Å². The Hall–Kier alpha value is -0.890. The number of aromatic hydroxyl groups is 1. The summed E-state index contributed by atoms with van der Waals surface area (Å²) in [7, 11) is 0. The van der Waals surface area contributed by atoms with Gasteiger partial charge in [-0.05, 0) is 18.6 Å². The lowest BCUT2D eigenvalue weighted by atomic mass is 10.2. The number of nitrogen functional groups attached to an aromatic ring is 1. The number of hydrogen-bond acceptors (Lipinski definition) is 2. The van der Waals surface area contributed by atoms with Crippen molar-refractivity contribution in [1.82, 2.24) is 0 Å². The topological polar surface area (TPSA) is 46.2 Å². The lowest BCUT2D eigenvalue weighted by Gasteiger charge is -2.02. The van der Waals surface area contributed by atoms with Crippen molar-refractivity contribution in [2.24, 2.45) is 0 Å². The van der Waals surface area contributed by atoms with Crippen LogP contribution in [-0.4, -0.2) is 5.11 Å². The first-order valence-corrected chi connectivity index (χ1v) is 4.24. The third-order valence-electron chi connectivity index (χ3n) is 1.35. The van der Waals surface area contributed by atoms with Crippen LogP contribution in [0.3, 0.4) is 0 Å². The van der Waals surface area contributed by atoms with Crippen LogP contribution in [0.4, 0.5) is 5.69 Å². The van der Waals surface area contributed by atoms with Crippen LogP contribution in [0.2, 0.25) is 5.02 Å². The fraction of sp³-hybridized carbons (Fsp3) is 0.333. The van der Waals surface area contributed by atoms with Crippen molar-refractivity contribution in [3.05, 3.63) is 22.7 Å². The summed E-state index contributed by atoms with van der Waals surface area (Å²) in [4.78, 5) is 0. The van der Waals surface area contributed by atoms with E-state index in [9.17, 15) is 5.11 Å². The van der Waals surface area contributed by atoms with Crippen molar-refractivity contribution < 1.29 is 5.11 Å². The van der Waals surface area contributed by atoms with Crippen molar-refractivity contribution in [3.8, 4) is 5.75 Å². The Labute approximate surface area is 78.0 Å². The average molecular weight is 188 g/mol. The first-order valence-electron chi connectivity index (χ1n) is 3.86. The van der Waals surface area contributed by atoms with Crippen LogP contribution >= 0.6 is 11.6 Å². The maximum Gasteiger partial charge on any atom is 0.139 e. The minimum Gasteiger partial charge on any atom is -0.506 e. The van der Waals surface area contributed by atoms with Gasteiger partial charge < -0.3 is 10.8 Å². The molecule has 0 aromatic heterocycles. The van der Waals surface area contributed by atoms with E-state index in [1.807, 2.05) is 13.8 Å². The molecule has 3 N–H and O–H groups in total. The highest BCUT2D eigenvalue weighted by atomic mass is 35.5. The lowest BCUT2D eigenvalue weighted by molar-refractivity contribution is 0.472. The van der Waals surface area contributed by atoms with Crippen LogP contribution < -0.4 is 5.73 Å². The van der Waals surface area contributed by atoms with E-state index in [2.05, 4.69) is 0 Å². The van der Waals surface area contributed by atoms with Gasteiger partial charge in [-0.3, -0.25) is 0 Å². The Kier molecular flexibility index (Phi) is 4.52. The van der Waals surface area contributed by atoms with Crippen LogP contribution in [0.15, 0.2) is 12.1 Å². The number of phenolic OH excluding ortho intramolecular Hbond substituents is 1. The number of benzene rings is 1. The minimum absolute atomic E-state index is 0.0710. The van der Waals surface area contributed by atoms with Gasteiger partial charge in [0.25, 0.3) is 0 Å². The molecule has 1 aromatic carbocycles. The van der Waals surface area contributed by atoms with Crippen LogP contribution in [0.1, 0.15) is 19.4 Å². The van der Waals surface area contributed by atoms with Gasteiger partial charge in [-0.15, -0.1) is 0 Å². The molecule has 0 amide bonds. The number of aryl methyl sites for hydroxylation is 1. The number of halogens is 1. The summed E-state index contributed by atoms with van der Waals surface area (Å²) in [5.74, 6) is 0.0710. The molecule has 0 atom stereocenters. The molecule has 0 aliphatic carbocycles. The van der Waals surface area contributed by atoms with E-state index in [-0.39, 0.29) is 10.8 Å². The second kappa shape index (κ2) is 4.88. The molecule has 3 heteroatoms. The summed E-state index contributed by atoms with van der Waals surface area (Å²) in [6.45, 7) is 5.76. The van der Waals surface area contributed by atoms with Gasteiger partial charge in [-0.1, -0.05) is 31.5 Å². The Morgan fingerprint density at radius 2 is 1.83 bits per heavy atom. The van der Waals surface area contributed by atoms with Crippen LogP contribution in [-0.2, 0) is 0 Å². The highest BCUT2D eigenvalue weighted by Crippen LogP contribution is 2.31. The van der Waals surface area contributed by atoms with E-state index in [4.69, 9.17) is 17.3 Å². The SMILES string of the molecule is CC.Cc1ccc(N)c(Cl)c1O. The summed E-state index contributed by atoms with van der Waals surface area (Å²) in [5.41, 5.74) is 6.54. The summed E-state index contributed by atoms with van der Waals surface area (Å²) in [6, 6.07) is 3.38. The van der Waals surface area contributed by atoms with Gasteiger partial charge in [0.1, 0.15) is 10.8 Å². The zero-order valence-corrected chi connectivity index (χ0v) is 8.31. The van der Waals surface area contributed by atoms with Crippen molar-refractivity contribution >= 4 is 17.3 Å². The largest absolute Gasteiger partial charge is 0.506 e. The van der Waals surface area contributed by atoms with E-state index < -0.39 is 0 Å². The van der Waals surface area contributed by atoms with E-state index in [0.717, 1.165) is 5.56 Å². The van der Waals surface area contributed by atoms with Crippen LogP contribution in [0.25, 0.3) is 0 Å². The zero-order chi connectivity index (χ0) is 9.72. The minimum atomic E-state index is 0.0710. The molecule has 0 radical (unpaired) electrons. The summed E-state index contributed by atoms with van der Waals surface area (Å²) >= 11 is 5.61. The van der Waals surface area contributed by atoms with Gasteiger partial charge in [0.05, 0.1) is 5.69 Å². The maximum absolute atomic E-state index is 9.18. The number of hydrogen-bond donors (Lipinski definition) is 2. The molecule has 0 bridgehead atoms. The molecule has 0 spiro atoms. The van der Waals surface area contributed by atoms with E-state index in [1.54, 1.807) is 19.1 Å². The van der Waals surface area contributed by atoms with Crippen molar-refractivity contribution in [2.75, 3.05) is 5.73 Å². The standard InChI is InChI=1S/C7H8ClNO.C2H6/c1-4-2-3-5(9)6(8)7(4)10;1-2/h2-3,10H,9H2,1H3;1-2H3. The molecule has 1 aromatic rings. The van der Waals surface area contributed by atoms with Crippen LogP contribution in [0, 0.1) is 6.92 Å². The fourth-order valence-electron chi connectivity index (χ4n) is 0.677. The number of phenols is 1. The average Bonchev–Trinajstić information content (AvgIpc) is 2.12. The van der Waals surface area contributed by atoms with Crippen molar-refractivity contribution in [1.29, 1.82) is 0 Å². The van der Waals surface area contributed by atoms with Gasteiger partial charge in [-0.25, -0.2) is 0 Å². The highest BCUT2D eigenvalue weighted by Gasteiger charge is 2.03. The van der Waals surface area contributed by atoms with Gasteiger partial charge in [0, 0.05) is 0 Å². The van der Waals surface area contributed by atoms with E-state index in [0.29, 0.717) is 5.69 Å². The Balaban J connectivity index is 0.000000561. The molecule has 68 valence electrons. The smallest absolute Gasteiger partial charge is 0.139 e. The van der Waals surface area contributed by atoms with E-state index in [1.165, 1.54) is 0 Å². The number of anilines is 1. The zero-order valence-electron chi connectivity index (χ0n) is 7.56. The molecule has 2 nitrogen and oxygen atoms in total. The molecule has 1 rings (SSSR count). The van der Waals surface area contributed by atoms with Gasteiger partial charge >= 0.3 is 0 Å². The summed E-state index contributed by atoms with van der Waals surface area (Å²) in [5, 5.41) is 9.41. The molecule has 0 saturated heterocycles. The molecule has 0 aliphatic rings. The Bertz CT molecular complexity index is 234. The van der Waals surface area contributed by atoms with Crippen molar-refractivity contribution in [2.45, 2.75) is 20.8 Å². The second-order valence-corrected chi connectivity index (χ2v) is 2.51. The predicted molar refractivity (Wildman–Crippen MR) is 53.6 cm³/mol. The molecule has 0 aliphatic heterocycles. The van der Waals surface area contributed by atoms with Crippen molar-refractivity contribution in [3.63, 3.8) is 0 Å². The molecule has 0 fully saturated rings. The molecular weight excluding hydrogens is 174 g/mol. The Morgan fingerprint density at radius 3 is 2.25 bits per heavy atom. The Morgan fingerprint density at radius 1 is 1.33 bits per heavy atom. The van der Waals surface area contributed by atoms with Gasteiger partial charge in [0.2, 0.25) is 0 Å². The van der Waals surface area contributed by atoms with Gasteiger partial charge in [-0.2, -0.15) is 0 Å². The molecular formula is C9H14ClNO. The quantitative estimate of drug-likeness (QED) is 0.614. The molecule has 12 heavy (non-hydrogen) atoms. The third kappa shape index (κ3) is 2.31. The lowest BCUT2D eigenvalue weighted by Crippen LogP contribution is -1.86. The monoisotopic (exact) mass is 187 g/mol. The summed E-state index contributed by atoms with van der Waals surface area (Å²) in [6.07, 6.45) is 0.